The van der Waals surface area contributed by atoms with Gasteiger partial charge in [-0.25, -0.2) is 0 Å². The minimum Gasteiger partial charge on any atom is -0.457 e. The van der Waals surface area contributed by atoms with Crippen LogP contribution in [0.3, 0.4) is 0 Å². The molecule has 5 heteroatoms. The molecule has 0 radical (unpaired) electrons. The molecule has 0 aliphatic heterocycles. The summed E-state index contributed by atoms with van der Waals surface area (Å²) in [4.78, 5) is 14.5. The van der Waals surface area contributed by atoms with Gasteiger partial charge in [0.2, 0.25) is 0 Å². The van der Waals surface area contributed by atoms with Gasteiger partial charge in [0.15, 0.2) is 0 Å². The minimum absolute atomic E-state index is 0.0670. The highest BCUT2D eigenvalue weighted by Gasteiger charge is 2.18. The zero-order valence-corrected chi connectivity index (χ0v) is 16.4. The molecule has 0 saturated carbocycles. The van der Waals surface area contributed by atoms with E-state index in [4.69, 9.17) is 21.6 Å². The van der Waals surface area contributed by atoms with Gasteiger partial charge in [-0.15, -0.1) is 0 Å². The fraction of sp³-hybridized carbons (Fsp3) is 0.130. The monoisotopic (exact) mass is 390 g/mol. The molecule has 0 heterocycles. The third kappa shape index (κ3) is 4.33. The lowest BCUT2D eigenvalue weighted by Gasteiger charge is -2.20. The van der Waals surface area contributed by atoms with E-state index < -0.39 is 0 Å². The quantitative estimate of drug-likeness (QED) is 0.508. The second-order valence-electron chi connectivity index (χ2n) is 6.38. The van der Waals surface area contributed by atoms with Crippen LogP contribution in [0.25, 0.3) is 0 Å². The zero-order chi connectivity index (χ0) is 20.1. The van der Waals surface area contributed by atoms with Crippen LogP contribution < -0.4 is 9.64 Å². The molecule has 0 aliphatic rings. The van der Waals surface area contributed by atoms with Crippen molar-refractivity contribution in [1.82, 2.24) is 0 Å². The summed E-state index contributed by atoms with van der Waals surface area (Å²) in [5.74, 6) is 1.06. The molecule has 4 nitrogen and oxygen atoms in total. The van der Waals surface area contributed by atoms with Crippen molar-refractivity contribution < 1.29 is 9.53 Å². The first-order chi connectivity index (χ1) is 13.5. The molecular weight excluding hydrogens is 372 g/mol. The van der Waals surface area contributed by atoms with E-state index in [1.165, 1.54) is 4.90 Å². The van der Waals surface area contributed by atoms with Crippen molar-refractivity contribution in [2.24, 2.45) is 0 Å². The average Bonchev–Trinajstić information content (AvgIpc) is 2.70. The summed E-state index contributed by atoms with van der Waals surface area (Å²) in [5, 5.41) is 9.73. The third-order valence-corrected chi connectivity index (χ3v) is 4.57. The Morgan fingerprint density at radius 1 is 1.04 bits per heavy atom. The Bertz CT molecular complexity index is 1020. The van der Waals surface area contributed by atoms with Crippen molar-refractivity contribution in [3.63, 3.8) is 0 Å². The molecule has 0 saturated heterocycles. The molecule has 0 atom stereocenters. The highest BCUT2D eigenvalue weighted by atomic mass is 35.5. The first kappa shape index (κ1) is 19.5. The van der Waals surface area contributed by atoms with Gasteiger partial charge in [-0.2, -0.15) is 5.26 Å². The van der Waals surface area contributed by atoms with Crippen molar-refractivity contribution in [3.8, 4) is 17.6 Å². The number of ether oxygens (including phenoxy) is 1. The van der Waals surface area contributed by atoms with Crippen LogP contribution >= 0.6 is 11.6 Å². The maximum Gasteiger partial charge on any atom is 0.259 e. The van der Waals surface area contributed by atoms with Crippen molar-refractivity contribution in [2.75, 3.05) is 11.4 Å². The highest BCUT2D eigenvalue weighted by molar-refractivity contribution is 6.30. The van der Waals surface area contributed by atoms with Gasteiger partial charge in [-0.3, -0.25) is 9.69 Å². The standard InChI is InChI=1S/C23H19ClN2O2/c1-16-5-3-6-17(2)22(16)28-21-8-4-7-18(15-21)23(27)26(14-13-25)20-11-9-19(24)10-12-20/h3-12,15H,14H2,1-2H3. The number of carbonyl (C=O) groups is 1. The van der Waals surface area contributed by atoms with Gasteiger partial charge in [0.1, 0.15) is 18.0 Å². The van der Waals surface area contributed by atoms with Gasteiger partial charge in [0.05, 0.1) is 6.07 Å². The maximum atomic E-state index is 13.0. The second kappa shape index (κ2) is 8.60. The van der Waals surface area contributed by atoms with Crippen molar-refractivity contribution in [2.45, 2.75) is 13.8 Å². The molecule has 3 aromatic rings. The maximum absolute atomic E-state index is 13.0. The smallest absolute Gasteiger partial charge is 0.259 e. The van der Waals surface area contributed by atoms with Crippen LogP contribution in [0.1, 0.15) is 21.5 Å². The lowest BCUT2D eigenvalue weighted by molar-refractivity contribution is 0.0989. The summed E-state index contributed by atoms with van der Waals surface area (Å²) >= 11 is 5.93. The van der Waals surface area contributed by atoms with Gasteiger partial charge in [0.25, 0.3) is 5.91 Å². The van der Waals surface area contributed by atoms with E-state index in [1.54, 1.807) is 48.5 Å². The minimum atomic E-state index is -0.282. The van der Waals surface area contributed by atoms with Crippen LogP contribution in [0.15, 0.2) is 66.7 Å². The summed E-state index contributed by atoms with van der Waals surface area (Å²) in [6.45, 7) is 3.89. The molecular formula is C23H19ClN2O2. The Morgan fingerprint density at radius 3 is 2.32 bits per heavy atom. The molecule has 0 aromatic heterocycles. The Balaban J connectivity index is 1.90. The lowest BCUT2D eigenvalue weighted by atomic mass is 10.1. The molecule has 0 spiro atoms. The first-order valence-corrected chi connectivity index (χ1v) is 9.16. The van der Waals surface area contributed by atoms with Gasteiger partial charge in [0, 0.05) is 16.3 Å². The van der Waals surface area contributed by atoms with Gasteiger partial charge in [-0.05, 0) is 67.4 Å². The molecule has 0 fully saturated rings. The predicted octanol–water partition coefficient (Wildman–Crippen LogP) is 5.92. The summed E-state index contributed by atoms with van der Waals surface area (Å²) in [5.41, 5.74) is 3.08. The van der Waals surface area contributed by atoms with E-state index in [1.807, 2.05) is 38.1 Å². The largest absolute Gasteiger partial charge is 0.457 e. The molecule has 0 unspecified atom stereocenters. The van der Waals surface area contributed by atoms with Gasteiger partial charge in [-0.1, -0.05) is 35.9 Å². The number of para-hydroxylation sites is 1. The second-order valence-corrected chi connectivity index (χ2v) is 6.81. The number of aryl methyl sites for hydroxylation is 2. The van der Waals surface area contributed by atoms with E-state index in [2.05, 4.69) is 0 Å². The third-order valence-electron chi connectivity index (χ3n) is 4.32. The first-order valence-electron chi connectivity index (χ1n) is 8.78. The van der Waals surface area contributed by atoms with Gasteiger partial charge < -0.3 is 4.74 Å². The van der Waals surface area contributed by atoms with Crippen LogP contribution in [-0.4, -0.2) is 12.5 Å². The molecule has 28 heavy (non-hydrogen) atoms. The molecule has 3 aromatic carbocycles. The summed E-state index contributed by atoms with van der Waals surface area (Å²) in [6, 6.07) is 21.8. The molecule has 0 N–H and O–H groups in total. The Morgan fingerprint density at radius 2 is 1.68 bits per heavy atom. The number of nitrogens with zero attached hydrogens (tertiary/aromatic N) is 2. The number of halogens is 1. The normalized spacial score (nSPS) is 10.2. The molecule has 140 valence electrons. The van der Waals surface area contributed by atoms with E-state index in [0.29, 0.717) is 22.0 Å². The summed E-state index contributed by atoms with van der Waals surface area (Å²) < 4.78 is 6.04. The fourth-order valence-electron chi connectivity index (χ4n) is 2.90. The van der Waals surface area contributed by atoms with Crippen LogP contribution in [0.2, 0.25) is 5.02 Å². The number of rotatable bonds is 5. The zero-order valence-electron chi connectivity index (χ0n) is 15.6. The lowest BCUT2D eigenvalue weighted by Crippen LogP contribution is -2.31. The number of benzene rings is 3. The Labute approximate surface area is 169 Å². The van der Waals surface area contributed by atoms with Gasteiger partial charge >= 0.3 is 0 Å². The van der Waals surface area contributed by atoms with E-state index in [9.17, 15) is 4.79 Å². The van der Waals surface area contributed by atoms with E-state index in [0.717, 1.165) is 16.9 Å². The van der Waals surface area contributed by atoms with Crippen molar-refractivity contribution in [1.29, 1.82) is 5.26 Å². The fourth-order valence-corrected chi connectivity index (χ4v) is 3.02. The van der Waals surface area contributed by atoms with Crippen LogP contribution in [0.5, 0.6) is 11.5 Å². The summed E-state index contributed by atoms with van der Waals surface area (Å²) in [6.07, 6.45) is 0. The molecule has 0 aliphatic carbocycles. The van der Waals surface area contributed by atoms with E-state index >= 15 is 0 Å². The Hall–Kier alpha value is -3.29. The molecule has 1 amide bonds. The SMILES string of the molecule is Cc1cccc(C)c1Oc1cccc(C(=O)N(CC#N)c2ccc(Cl)cc2)c1. The van der Waals surface area contributed by atoms with Crippen molar-refractivity contribution in [3.05, 3.63) is 88.4 Å². The summed E-state index contributed by atoms with van der Waals surface area (Å²) in [7, 11) is 0. The van der Waals surface area contributed by atoms with Crippen LogP contribution in [0.4, 0.5) is 5.69 Å². The van der Waals surface area contributed by atoms with Crippen molar-refractivity contribution >= 4 is 23.2 Å². The predicted molar refractivity (Wildman–Crippen MR) is 111 cm³/mol. The number of hydrogen-bond donors (Lipinski definition) is 0. The Kier molecular flexibility index (Phi) is 5.98. The number of nitriles is 1. The molecule has 0 bridgehead atoms. The van der Waals surface area contributed by atoms with Crippen LogP contribution in [0, 0.1) is 25.2 Å². The van der Waals surface area contributed by atoms with Crippen LogP contribution in [-0.2, 0) is 0 Å². The average molecular weight is 391 g/mol. The topological polar surface area (TPSA) is 53.3 Å². The number of hydrogen-bond acceptors (Lipinski definition) is 3. The van der Waals surface area contributed by atoms with E-state index in [-0.39, 0.29) is 12.5 Å². The number of anilines is 1. The number of amides is 1. The number of carbonyl (C=O) groups excluding carboxylic acids is 1. The molecule has 3 rings (SSSR count). The highest BCUT2D eigenvalue weighted by Crippen LogP contribution is 2.29.